The number of nitrogens with zero attached hydrogens (tertiary/aromatic N) is 2. The van der Waals surface area contributed by atoms with Crippen molar-refractivity contribution >= 4 is 0 Å². The average molecular weight is 330 g/mol. The van der Waals surface area contributed by atoms with Gasteiger partial charge in [-0.3, -0.25) is 4.90 Å². The predicted molar refractivity (Wildman–Crippen MR) is 95.1 cm³/mol. The lowest BCUT2D eigenvalue weighted by molar-refractivity contribution is 0.000296. The van der Waals surface area contributed by atoms with Crippen LogP contribution in [0.25, 0.3) is 0 Å². The van der Waals surface area contributed by atoms with Gasteiger partial charge < -0.3 is 14.4 Å². The molecule has 4 rings (SSSR count). The third kappa shape index (κ3) is 3.99. The highest BCUT2D eigenvalue weighted by molar-refractivity contribution is 5.15. The fourth-order valence-corrected chi connectivity index (χ4v) is 4.45. The van der Waals surface area contributed by atoms with Gasteiger partial charge in [0, 0.05) is 32.6 Å². The molecule has 3 saturated heterocycles. The van der Waals surface area contributed by atoms with E-state index in [1.165, 1.54) is 31.5 Å². The van der Waals surface area contributed by atoms with Gasteiger partial charge in [0.05, 0.1) is 24.9 Å². The first-order valence-corrected chi connectivity index (χ1v) is 9.56. The van der Waals surface area contributed by atoms with E-state index in [-0.39, 0.29) is 5.60 Å². The van der Waals surface area contributed by atoms with Gasteiger partial charge in [0.1, 0.15) is 0 Å². The van der Waals surface area contributed by atoms with Crippen LogP contribution in [0, 0.1) is 0 Å². The first-order valence-electron chi connectivity index (χ1n) is 9.56. The van der Waals surface area contributed by atoms with Crippen molar-refractivity contribution in [1.29, 1.82) is 0 Å². The standard InChI is InChI=1S/C20H30N2O2/c1-2-6-18(7-3-1)15-22-11-8-20(17-22)14-19(16-24-20)23-13-12-21-9-4-5-10-21/h1-3,6-7,19H,4-5,8-17H2/t19-,20-/m0/s1. The number of benzene rings is 1. The molecular weight excluding hydrogens is 300 g/mol. The van der Waals surface area contributed by atoms with E-state index >= 15 is 0 Å². The summed E-state index contributed by atoms with van der Waals surface area (Å²) in [6.07, 6.45) is 5.22. The second-order valence-electron chi connectivity index (χ2n) is 7.69. The minimum absolute atomic E-state index is 0.0487. The van der Waals surface area contributed by atoms with Crippen LogP contribution in [-0.2, 0) is 16.0 Å². The summed E-state index contributed by atoms with van der Waals surface area (Å²) in [5.74, 6) is 0. The third-order valence-corrected chi connectivity index (χ3v) is 5.78. The normalized spacial score (nSPS) is 31.4. The molecule has 0 aliphatic carbocycles. The van der Waals surface area contributed by atoms with Crippen LogP contribution in [-0.4, -0.2) is 67.4 Å². The molecular formula is C20H30N2O2. The Bertz CT molecular complexity index is 518. The minimum Gasteiger partial charge on any atom is -0.374 e. The Morgan fingerprint density at radius 1 is 1.08 bits per heavy atom. The molecule has 4 heteroatoms. The summed E-state index contributed by atoms with van der Waals surface area (Å²) in [5, 5.41) is 0. The van der Waals surface area contributed by atoms with E-state index in [9.17, 15) is 0 Å². The first-order chi connectivity index (χ1) is 11.8. The van der Waals surface area contributed by atoms with E-state index in [1.54, 1.807) is 0 Å². The summed E-state index contributed by atoms with van der Waals surface area (Å²) in [7, 11) is 0. The van der Waals surface area contributed by atoms with Gasteiger partial charge in [0.25, 0.3) is 0 Å². The van der Waals surface area contributed by atoms with Crippen molar-refractivity contribution in [3.63, 3.8) is 0 Å². The van der Waals surface area contributed by atoms with Crippen molar-refractivity contribution < 1.29 is 9.47 Å². The zero-order valence-electron chi connectivity index (χ0n) is 14.7. The molecule has 0 saturated carbocycles. The molecule has 132 valence electrons. The SMILES string of the molecule is c1ccc(CN2CC[C@]3(C[C@H](OCCN4CCCC4)CO3)C2)cc1. The van der Waals surface area contributed by atoms with Gasteiger partial charge in [-0.05, 0) is 37.9 Å². The van der Waals surface area contributed by atoms with Crippen molar-refractivity contribution in [2.45, 2.75) is 43.9 Å². The maximum absolute atomic E-state index is 6.22. The Hall–Kier alpha value is -0.940. The quantitative estimate of drug-likeness (QED) is 0.800. The fourth-order valence-electron chi connectivity index (χ4n) is 4.45. The van der Waals surface area contributed by atoms with E-state index < -0.39 is 0 Å². The number of likely N-dealkylation sites (tertiary alicyclic amines) is 2. The molecule has 0 aromatic heterocycles. The summed E-state index contributed by atoms with van der Waals surface area (Å²) in [5.41, 5.74) is 1.44. The number of hydrogen-bond donors (Lipinski definition) is 0. The molecule has 1 spiro atoms. The molecule has 1 aromatic carbocycles. The summed E-state index contributed by atoms with van der Waals surface area (Å²) < 4.78 is 12.3. The van der Waals surface area contributed by atoms with E-state index in [0.717, 1.165) is 52.2 Å². The second-order valence-corrected chi connectivity index (χ2v) is 7.69. The smallest absolute Gasteiger partial charge is 0.0847 e. The molecule has 0 amide bonds. The van der Waals surface area contributed by atoms with E-state index in [0.29, 0.717) is 6.10 Å². The Morgan fingerprint density at radius 2 is 1.92 bits per heavy atom. The molecule has 1 aromatic rings. The van der Waals surface area contributed by atoms with E-state index in [4.69, 9.17) is 9.47 Å². The molecule has 2 atom stereocenters. The molecule has 24 heavy (non-hydrogen) atoms. The van der Waals surface area contributed by atoms with Crippen molar-refractivity contribution in [1.82, 2.24) is 9.80 Å². The van der Waals surface area contributed by atoms with Crippen LogP contribution in [0.3, 0.4) is 0 Å². The Labute approximate surface area is 145 Å². The zero-order chi connectivity index (χ0) is 16.2. The highest BCUT2D eigenvalue weighted by Crippen LogP contribution is 2.36. The fraction of sp³-hybridized carbons (Fsp3) is 0.700. The summed E-state index contributed by atoms with van der Waals surface area (Å²) in [6, 6.07) is 10.8. The van der Waals surface area contributed by atoms with Crippen LogP contribution >= 0.6 is 0 Å². The highest BCUT2D eigenvalue weighted by atomic mass is 16.6. The van der Waals surface area contributed by atoms with Crippen molar-refractivity contribution in [2.24, 2.45) is 0 Å². The van der Waals surface area contributed by atoms with Crippen molar-refractivity contribution in [3.05, 3.63) is 35.9 Å². The number of rotatable bonds is 6. The highest BCUT2D eigenvalue weighted by Gasteiger charge is 2.45. The van der Waals surface area contributed by atoms with Crippen LogP contribution in [0.1, 0.15) is 31.2 Å². The molecule has 4 nitrogen and oxygen atoms in total. The van der Waals surface area contributed by atoms with E-state index in [1.807, 2.05) is 0 Å². The molecule has 0 radical (unpaired) electrons. The van der Waals surface area contributed by atoms with E-state index in [2.05, 4.69) is 40.1 Å². The largest absolute Gasteiger partial charge is 0.374 e. The maximum atomic E-state index is 6.22. The van der Waals surface area contributed by atoms with Crippen LogP contribution < -0.4 is 0 Å². The number of hydrogen-bond acceptors (Lipinski definition) is 4. The minimum atomic E-state index is 0.0487. The van der Waals surface area contributed by atoms with Gasteiger partial charge in [-0.1, -0.05) is 30.3 Å². The summed E-state index contributed by atoms with van der Waals surface area (Å²) in [4.78, 5) is 5.05. The molecule has 3 aliphatic rings. The first kappa shape index (κ1) is 16.5. The Kier molecular flexibility index (Phi) is 5.18. The van der Waals surface area contributed by atoms with Gasteiger partial charge in [-0.15, -0.1) is 0 Å². The van der Waals surface area contributed by atoms with Crippen LogP contribution in [0.4, 0.5) is 0 Å². The summed E-state index contributed by atoms with van der Waals surface area (Å²) >= 11 is 0. The van der Waals surface area contributed by atoms with Crippen LogP contribution in [0.2, 0.25) is 0 Å². The summed E-state index contributed by atoms with van der Waals surface area (Å²) in [6.45, 7) is 8.45. The van der Waals surface area contributed by atoms with Gasteiger partial charge in [0.2, 0.25) is 0 Å². The van der Waals surface area contributed by atoms with Crippen molar-refractivity contribution in [2.75, 3.05) is 45.9 Å². The third-order valence-electron chi connectivity index (χ3n) is 5.78. The number of ether oxygens (including phenoxy) is 2. The second kappa shape index (κ2) is 7.52. The molecule has 3 fully saturated rings. The van der Waals surface area contributed by atoms with Gasteiger partial charge in [-0.2, -0.15) is 0 Å². The van der Waals surface area contributed by atoms with Gasteiger partial charge in [0.15, 0.2) is 0 Å². The van der Waals surface area contributed by atoms with Crippen LogP contribution in [0.5, 0.6) is 0 Å². The lowest BCUT2D eigenvalue weighted by atomic mass is 9.98. The Balaban J connectivity index is 1.21. The topological polar surface area (TPSA) is 24.9 Å². The van der Waals surface area contributed by atoms with Crippen LogP contribution in [0.15, 0.2) is 30.3 Å². The lowest BCUT2D eigenvalue weighted by Gasteiger charge is -2.23. The Morgan fingerprint density at radius 3 is 2.75 bits per heavy atom. The predicted octanol–water partition coefficient (Wildman–Crippen LogP) is 2.53. The molecule has 3 heterocycles. The molecule has 3 aliphatic heterocycles. The zero-order valence-corrected chi connectivity index (χ0v) is 14.7. The van der Waals surface area contributed by atoms with Gasteiger partial charge in [-0.25, -0.2) is 0 Å². The molecule has 0 N–H and O–H groups in total. The maximum Gasteiger partial charge on any atom is 0.0847 e. The lowest BCUT2D eigenvalue weighted by Crippen LogP contribution is -2.33. The van der Waals surface area contributed by atoms with Gasteiger partial charge >= 0.3 is 0 Å². The average Bonchev–Trinajstić information content (AvgIpc) is 3.32. The molecule has 0 unspecified atom stereocenters. The monoisotopic (exact) mass is 330 g/mol. The molecule has 0 bridgehead atoms. The van der Waals surface area contributed by atoms with Crippen molar-refractivity contribution in [3.8, 4) is 0 Å².